The lowest BCUT2D eigenvalue weighted by Gasteiger charge is -2.10. The van der Waals surface area contributed by atoms with Gasteiger partial charge in [0.1, 0.15) is 5.75 Å². The summed E-state index contributed by atoms with van der Waals surface area (Å²) in [5.41, 5.74) is 1.25. The van der Waals surface area contributed by atoms with Crippen molar-refractivity contribution in [2.75, 3.05) is 13.1 Å². The molecule has 1 aromatic rings. The highest BCUT2D eigenvalue weighted by atomic mass is 16.5. The van der Waals surface area contributed by atoms with Crippen LogP contribution in [0.25, 0.3) is 0 Å². The fourth-order valence-corrected chi connectivity index (χ4v) is 1.53. The summed E-state index contributed by atoms with van der Waals surface area (Å²) in [6.07, 6.45) is 6.09. The number of aryl methyl sites for hydroxylation is 1. The van der Waals surface area contributed by atoms with Crippen LogP contribution in [0.1, 0.15) is 32.8 Å². The highest BCUT2D eigenvalue weighted by Crippen LogP contribution is 2.13. The summed E-state index contributed by atoms with van der Waals surface area (Å²) in [5, 5.41) is 3.31. The van der Waals surface area contributed by atoms with E-state index in [-0.39, 0.29) is 6.10 Å². The first-order valence-electron chi connectivity index (χ1n) is 6.03. The summed E-state index contributed by atoms with van der Waals surface area (Å²) in [7, 11) is 0. The summed E-state index contributed by atoms with van der Waals surface area (Å²) in [6.45, 7) is 8.27. The fraction of sp³-hybridized carbons (Fsp3) is 0.615. The average Bonchev–Trinajstić information content (AvgIpc) is 2.24. The SMILES string of the molecule is CCNCCCc1cncc(OC(C)C)c1. The van der Waals surface area contributed by atoms with Crippen LogP contribution in [0, 0.1) is 0 Å². The zero-order valence-electron chi connectivity index (χ0n) is 10.5. The van der Waals surface area contributed by atoms with Crippen molar-refractivity contribution in [3.8, 4) is 5.75 Å². The van der Waals surface area contributed by atoms with Gasteiger partial charge in [-0.2, -0.15) is 0 Å². The molecule has 0 bridgehead atoms. The van der Waals surface area contributed by atoms with Crippen molar-refractivity contribution in [3.63, 3.8) is 0 Å². The molecular formula is C13H22N2O. The van der Waals surface area contributed by atoms with Crippen LogP contribution in [0.2, 0.25) is 0 Å². The summed E-state index contributed by atoms with van der Waals surface area (Å²) in [4.78, 5) is 4.19. The van der Waals surface area contributed by atoms with E-state index in [1.165, 1.54) is 5.56 Å². The maximum absolute atomic E-state index is 5.60. The third-order valence-electron chi connectivity index (χ3n) is 2.21. The molecule has 90 valence electrons. The van der Waals surface area contributed by atoms with Crippen molar-refractivity contribution < 1.29 is 4.74 Å². The minimum Gasteiger partial charge on any atom is -0.489 e. The maximum Gasteiger partial charge on any atom is 0.138 e. The molecule has 1 heterocycles. The van der Waals surface area contributed by atoms with Crippen molar-refractivity contribution in [1.82, 2.24) is 10.3 Å². The standard InChI is InChI=1S/C13H22N2O/c1-4-14-7-5-6-12-8-13(10-15-9-12)16-11(2)3/h8-11,14H,4-7H2,1-3H3. The van der Waals surface area contributed by atoms with Crippen molar-refractivity contribution in [1.29, 1.82) is 0 Å². The zero-order chi connectivity index (χ0) is 11.8. The molecule has 0 unspecified atom stereocenters. The number of aromatic nitrogens is 1. The topological polar surface area (TPSA) is 34.2 Å². The Morgan fingerprint density at radius 2 is 2.19 bits per heavy atom. The first kappa shape index (κ1) is 13.0. The first-order valence-corrected chi connectivity index (χ1v) is 6.03. The highest BCUT2D eigenvalue weighted by Gasteiger charge is 2.00. The Hall–Kier alpha value is -1.09. The molecule has 0 fully saturated rings. The van der Waals surface area contributed by atoms with Crippen LogP contribution in [0.4, 0.5) is 0 Å². The Bertz CT molecular complexity index is 300. The van der Waals surface area contributed by atoms with E-state index in [4.69, 9.17) is 4.74 Å². The number of nitrogens with one attached hydrogen (secondary N) is 1. The monoisotopic (exact) mass is 222 g/mol. The van der Waals surface area contributed by atoms with Gasteiger partial charge in [-0.3, -0.25) is 4.98 Å². The molecule has 0 aliphatic carbocycles. The van der Waals surface area contributed by atoms with Crippen LogP contribution in [-0.2, 0) is 6.42 Å². The molecule has 0 aliphatic heterocycles. The normalized spacial score (nSPS) is 10.8. The molecule has 3 heteroatoms. The summed E-state index contributed by atoms with van der Waals surface area (Å²) >= 11 is 0. The zero-order valence-corrected chi connectivity index (χ0v) is 10.5. The van der Waals surface area contributed by atoms with Crippen molar-refractivity contribution in [3.05, 3.63) is 24.0 Å². The Morgan fingerprint density at radius 1 is 1.38 bits per heavy atom. The Labute approximate surface area is 98.2 Å². The van der Waals surface area contributed by atoms with Gasteiger partial charge in [-0.1, -0.05) is 6.92 Å². The number of hydrogen-bond acceptors (Lipinski definition) is 3. The third-order valence-corrected chi connectivity index (χ3v) is 2.21. The molecule has 0 atom stereocenters. The van der Waals surface area contributed by atoms with Crippen molar-refractivity contribution in [2.24, 2.45) is 0 Å². The van der Waals surface area contributed by atoms with Crippen LogP contribution < -0.4 is 10.1 Å². The second-order valence-electron chi connectivity index (χ2n) is 4.15. The number of nitrogens with zero attached hydrogens (tertiary/aromatic N) is 1. The number of pyridine rings is 1. The van der Waals surface area contributed by atoms with Crippen LogP contribution in [0.3, 0.4) is 0 Å². The van der Waals surface area contributed by atoms with E-state index in [1.807, 2.05) is 20.0 Å². The summed E-state index contributed by atoms with van der Waals surface area (Å²) < 4.78 is 5.60. The molecule has 0 spiro atoms. The van der Waals surface area contributed by atoms with Gasteiger partial charge >= 0.3 is 0 Å². The van der Waals surface area contributed by atoms with Gasteiger partial charge in [0, 0.05) is 6.20 Å². The van der Waals surface area contributed by atoms with Gasteiger partial charge in [-0.05, 0) is 51.4 Å². The molecule has 1 rings (SSSR count). The highest BCUT2D eigenvalue weighted by molar-refractivity contribution is 5.23. The molecule has 0 aromatic carbocycles. The second-order valence-corrected chi connectivity index (χ2v) is 4.15. The predicted octanol–water partition coefficient (Wildman–Crippen LogP) is 2.41. The van der Waals surface area contributed by atoms with Gasteiger partial charge < -0.3 is 10.1 Å². The quantitative estimate of drug-likeness (QED) is 0.719. The van der Waals surface area contributed by atoms with Gasteiger partial charge in [0.25, 0.3) is 0 Å². The van der Waals surface area contributed by atoms with Crippen LogP contribution in [0.5, 0.6) is 5.75 Å². The Kier molecular flexibility index (Phi) is 5.86. The van der Waals surface area contributed by atoms with Crippen LogP contribution in [-0.4, -0.2) is 24.2 Å². The summed E-state index contributed by atoms with van der Waals surface area (Å²) in [6, 6.07) is 2.08. The van der Waals surface area contributed by atoms with Gasteiger partial charge in [0.15, 0.2) is 0 Å². The van der Waals surface area contributed by atoms with Gasteiger partial charge in [0.2, 0.25) is 0 Å². The Balaban J connectivity index is 2.41. The van der Waals surface area contributed by atoms with E-state index in [0.717, 1.165) is 31.7 Å². The van der Waals surface area contributed by atoms with E-state index in [9.17, 15) is 0 Å². The van der Waals surface area contributed by atoms with Gasteiger partial charge in [0.05, 0.1) is 12.3 Å². The molecule has 0 aliphatic rings. The molecule has 1 N–H and O–H groups in total. The lowest BCUT2D eigenvalue weighted by molar-refractivity contribution is 0.241. The van der Waals surface area contributed by atoms with E-state index in [1.54, 1.807) is 6.20 Å². The predicted molar refractivity (Wildman–Crippen MR) is 66.9 cm³/mol. The van der Waals surface area contributed by atoms with Gasteiger partial charge in [-0.25, -0.2) is 0 Å². The molecule has 0 amide bonds. The first-order chi connectivity index (χ1) is 7.72. The molecule has 1 aromatic heterocycles. The lowest BCUT2D eigenvalue weighted by Crippen LogP contribution is -2.14. The van der Waals surface area contributed by atoms with Gasteiger partial charge in [-0.15, -0.1) is 0 Å². The van der Waals surface area contributed by atoms with Crippen LogP contribution >= 0.6 is 0 Å². The largest absolute Gasteiger partial charge is 0.489 e. The number of ether oxygens (including phenoxy) is 1. The maximum atomic E-state index is 5.60. The molecule has 3 nitrogen and oxygen atoms in total. The molecular weight excluding hydrogens is 200 g/mol. The molecule has 16 heavy (non-hydrogen) atoms. The third kappa shape index (κ3) is 5.12. The minimum atomic E-state index is 0.207. The lowest BCUT2D eigenvalue weighted by atomic mass is 10.1. The van der Waals surface area contributed by atoms with Crippen LogP contribution in [0.15, 0.2) is 18.5 Å². The summed E-state index contributed by atoms with van der Waals surface area (Å²) in [5.74, 6) is 0.871. The second kappa shape index (κ2) is 7.23. The minimum absolute atomic E-state index is 0.207. The molecule has 0 radical (unpaired) electrons. The Morgan fingerprint density at radius 3 is 2.88 bits per heavy atom. The number of rotatable bonds is 7. The fourth-order valence-electron chi connectivity index (χ4n) is 1.53. The van der Waals surface area contributed by atoms with E-state index in [0.29, 0.717) is 0 Å². The van der Waals surface area contributed by atoms with Crippen molar-refractivity contribution >= 4 is 0 Å². The average molecular weight is 222 g/mol. The molecule has 0 saturated carbocycles. The van der Waals surface area contributed by atoms with Crippen molar-refractivity contribution in [2.45, 2.75) is 39.7 Å². The van der Waals surface area contributed by atoms with E-state index >= 15 is 0 Å². The van der Waals surface area contributed by atoms with E-state index in [2.05, 4.69) is 23.3 Å². The number of hydrogen-bond donors (Lipinski definition) is 1. The smallest absolute Gasteiger partial charge is 0.138 e. The van der Waals surface area contributed by atoms with E-state index < -0.39 is 0 Å². The molecule has 0 saturated heterocycles.